The van der Waals surface area contributed by atoms with Crippen molar-refractivity contribution in [3.05, 3.63) is 273 Å². The summed E-state index contributed by atoms with van der Waals surface area (Å²) in [4.78, 5) is 2.32. The highest BCUT2D eigenvalue weighted by atomic mass is 15.1. The lowest BCUT2D eigenvalue weighted by atomic mass is 9.91. The van der Waals surface area contributed by atoms with Gasteiger partial charge in [0, 0.05) is 50.0 Å². The van der Waals surface area contributed by atoms with E-state index in [4.69, 9.17) is 0 Å². The Morgan fingerprint density at radius 3 is 1.01 bits per heavy atom. The van der Waals surface area contributed by atoms with Crippen LogP contribution in [0, 0.1) is 0 Å². The van der Waals surface area contributed by atoms with Crippen molar-refractivity contribution in [3.63, 3.8) is 0 Å². The van der Waals surface area contributed by atoms with E-state index in [1.807, 2.05) is 0 Å². The Balaban J connectivity index is 0.991. The predicted octanol–water partition coefficient (Wildman–Crippen LogP) is 18.0. The van der Waals surface area contributed by atoms with Gasteiger partial charge in [-0.05, 0) is 154 Å². The zero-order valence-corrected chi connectivity index (χ0v) is 37.8. The Morgan fingerprint density at radius 1 is 0.203 bits per heavy atom. The molecular weight excluding hydrogens is 835 g/mol. The molecule has 0 aliphatic heterocycles. The van der Waals surface area contributed by atoms with Gasteiger partial charge >= 0.3 is 0 Å². The lowest BCUT2D eigenvalue weighted by Gasteiger charge is -2.26. The average Bonchev–Trinajstić information content (AvgIpc) is 3.94. The van der Waals surface area contributed by atoms with Crippen LogP contribution in [0.15, 0.2) is 273 Å². The lowest BCUT2D eigenvalue weighted by Crippen LogP contribution is -2.09. The van der Waals surface area contributed by atoms with Gasteiger partial charge in [-0.25, -0.2) is 0 Å². The third-order valence-corrected chi connectivity index (χ3v) is 13.6. The molecule has 69 heavy (non-hydrogen) atoms. The number of benzene rings is 11. The van der Waals surface area contributed by atoms with Crippen LogP contribution in [0.4, 0.5) is 17.1 Å². The second-order valence-corrected chi connectivity index (χ2v) is 17.8. The average molecular weight is 880 g/mol. The number of hydrogen-bond donors (Lipinski definition) is 0. The summed E-state index contributed by atoms with van der Waals surface area (Å²) >= 11 is 0. The number of aromatic nitrogens is 2. The molecule has 0 saturated heterocycles. The molecule has 3 nitrogen and oxygen atoms in total. The molecule has 0 bridgehead atoms. The first-order valence-corrected chi connectivity index (χ1v) is 23.7. The Bertz CT molecular complexity index is 3780. The number of fused-ring (bicyclic) bond motifs is 6. The Kier molecular flexibility index (Phi) is 9.84. The van der Waals surface area contributed by atoms with E-state index in [9.17, 15) is 0 Å². The SMILES string of the molecule is c1ccc(N(c2ccccc2)c2cccc(-c3cccc(-c4cc(-c5ccc6c7ccccc7n(-c7ccccc7)c6c5)cc(-c5ccc6c7ccccc7n(-c7ccccc7)c6c5)c4)c3)c2)cc1. The van der Waals surface area contributed by atoms with Gasteiger partial charge in [0.25, 0.3) is 0 Å². The molecule has 0 fully saturated rings. The monoisotopic (exact) mass is 879 g/mol. The van der Waals surface area contributed by atoms with Gasteiger partial charge in [0.1, 0.15) is 0 Å². The molecule has 3 heteroatoms. The van der Waals surface area contributed by atoms with Crippen molar-refractivity contribution in [1.82, 2.24) is 9.13 Å². The van der Waals surface area contributed by atoms with Crippen LogP contribution in [-0.2, 0) is 0 Å². The van der Waals surface area contributed by atoms with Crippen LogP contribution in [0.2, 0.25) is 0 Å². The summed E-state index contributed by atoms with van der Waals surface area (Å²) in [5.41, 5.74) is 19.7. The smallest absolute Gasteiger partial charge is 0.0547 e. The van der Waals surface area contributed by atoms with E-state index >= 15 is 0 Å². The fourth-order valence-electron chi connectivity index (χ4n) is 10.4. The first kappa shape index (κ1) is 40.1. The molecule has 0 spiro atoms. The summed E-state index contributed by atoms with van der Waals surface area (Å²) < 4.78 is 4.81. The minimum atomic E-state index is 1.10. The molecule has 0 saturated carbocycles. The number of hydrogen-bond acceptors (Lipinski definition) is 1. The Morgan fingerprint density at radius 2 is 0.536 bits per heavy atom. The molecule has 0 aliphatic carbocycles. The largest absolute Gasteiger partial charge is 0.310 e. The summed E-state index contributed by atoms with van der Waals surface area (Å²) in [6.07, 6.45) is 0. The zero-order chi connectivity index (χ0) is 45.7. The van der Waals surface area contributed by atoms with Gasteiger partial charge in [-0.3, -0.25) is 0 Å². The minimum Gasteiger partial charge on any atom is -0.310 e. The lowest BCUT2D eigenvalue weighted by molar-refractivity contribution is 1.18. The van der Waals surface area contributed by atoms with Crippen LogP contribution < -0.4 is 4.90 Å². The third kappa shape index (κ3) is 7.16. The molecule has 324 valence electrons. The fourth-order valence-corrected chi connectivity index (χ4v) is 10.4. The molecule has 13 rings (SSSR count). The quantitative estimate of drug-likeness (QED) is 0.141. The van der Waals surface area contributed by atoms with E-state index in [0.29, 0.717) is 0 Å². The van der Waals surface area contributed by atoms with Gasteiger partial charge in [0.2, 0.25) is 0 Å². The Labute approximate surface area is 401 Å². The highest BCUT2D eigenvalue weighted by Crippen LogP contribution is 2.42. The molecule has 0 atom stereocenters. The van der Waals surface area contributed by atoms with Crippen molar-refractivity contribution in [2.75, 3.05) is 4.90 Å². The number of rotatable bonds is 9. The van der Waals surface area contributed by atoms with Crippen LogP contribution >= 0.6 is 0 Å². The van der Waals surface area contributed by atoms with Gasteiger partial charge in [0.05, 0.1) is 22.1 Å². The minimum absolute atomic E-state index is 1.10. The highest BCUT2D eigenvalue weighted by Gasteiger charge is 2.18. The predicted molar refractivity (Wildman–Crippen MR) is 292 cm³/mol. The van der Waals surface area contributed by atoms with Crippen LogP contribution in [0.1, 0.15) is 0 Å². The van der Waals surface area contributed by atoms with E-state index in [0.717, 1.165) is 72.9 Å². The van der Waals surface area contributed by atoms with E-state index in [1.54, 1.807) is 0 Å². The zero-order valence-electron chi connectivity index (χ0n) is 37.8. The van der Waals surface area contributed by atoms with E-state index in [1.165, 1.54) is 43.6 Å². The van der Waals surface area contributed by atoms with Crippen molar-refractivity contribution >= 4 is 60.7 Å². The molecule has 0 N–H and O–H groups in total. The second kappa shape index (κ2) is 16.9. The summed E-state index contributed by atoms with van der Waals surface area (Å²) in [6.45, 7) is 0. The summed E-state index contributed by atoms with van der Waals surface area (Å²) in [5.74, 6) is 0. The standard InChI is InChI=1S/C66H45N3/c1-5-22-54(23-6-1)67(55-24-7-2-8-25-55)58-30-18-21-48(43-58)46-19-17-20-47(39-46)51-40-52(49-35-37-61-59-31-13-15-33-63(59)68(65(61)44-49)56-26-9-3-10-27-56)42-53(41-51)50-36-38-62-60-32-14-16-34-64(60)69(66(62)45-50)57-28-11-4-12-29-57/h1-45H. The maximum Gasteiger partial charge on any atom is 0.0547 e. The van der Waals surface area contributed by atoms with Crippen molar-refractivity contribution in [1.29, 1.82) is 0 Å². The normalized spacial score (nSPS) is 11.5. The second-order valence-electron chi connectivity index (χ2n) is 17.8. The highest BCUT2D eigenvalue weighted by molar-refractivity contribution is 6.11. The van der Waals surface area contributed by atoms with Crippen molar-refractivity contribution in [2.24, 2.45) is 0 Å². The summed E-state index contributed by atoms with van der Waals surface area (Å²) in [7, 11) is 0. The van der Waals surface area contributed by atoms with Crippen LogP contribution in [0.25, 0.3) is 99.5 Å². The molecular formula is C66H45N3. The molecule has 11 aromatic carbocycles. The topological polar surface area (TPSA) is 13.1 Å². The van der Waals surface area contributed by atoms with Crippen LogP contribution in [0.3, 0.4) is 0 Å². The first-order chi connectivity index (χ1) is 34.2. The fraction of sp³-hybridized carbons (Fsp3) is 0. The van der Waals surface area contributed by atoms with Crippen molar-refractivity contribution < 1.29 is 0 Å². The molecule has 0 amide bonds. The van der Waals surface area contributed by atoms with Gasteiger partial charge in [0.15, 0.2) is 0 Å². The first-order valence-electron chi connectivity index (χ1n) is 23.7. The number of para-hydroxylation sites is 6. The van der Waals surface area contributed by atoms with Crippen molar-refractivity contribution in [3.8, 4) is 55.9 Å². The van der Waals surface area contributed by atoms with Crippen LogP contribution in [0.5, 0.6) is 0 Å². The summed E-state index contributed by atoms with van der Waals surface area (Å²) in [5, 5.41) is 4.97. The number of anilines is 3. The Hall–Kier alpha value is -9.18. The molecule has 0 aliphatic rings. The van der Waals surface area contributed by atoms with E-state index in [-0.39, 0.29) is 0 Å². The van der Waals surface area contributed by atoms with Gasteiger partial charge in [-0.2, -0.15) is 0 Å². The molecule has 13 aromatic rings. The van der Waals surface area contributed by atoms with E-state index < -0.39 is 0 Å². The van der Waals surface area contributed by atoms with Gasteiger partial charge < -0.3 is 14.0 Å². The molecule has 0 radical (unpaired) electrons. The molecule has 2 heterocycles. The number of nitrogens with zero attached hydrogens (tertiary/aromatic N) is 3. The van der Waals surface area contributed by atoms with Crippen molar-refractivity contribution in [2.45, 2.75) is 0 Å². The summed E-state index contributed by atoms with van der Waals surface area (Å²) in [6, 6.07) is 99.2. The maximum atomic E-state index is 2.41. The van der Waals surface area contributed by atoms with Gasteiger partial charge in [-0.1, -0.05) is 164 Å². The maximum absolute atomic E-state index is 2.41. The molecule has 2 aromatic heterocycles. The molecule has 0 unspecified atom stereocenters. The third-order valence-electron chi connectivity index (χ3n) is 13.6. The van der Waals surface area contributed by atoms with Gasteiger partial charge in [-0.15, -0.1) is 0 Å². The van der Waals surface area contributed by atoms with E-state index in [2.05, 4.69) is 287 Å². The van der Waals surface area contributed by atoms with Crippen LogP contribution in [-0.4, -0.2) is 9.13 Å².